The van der Waals surface area contributed by atoms with Crippen LogP contribution in [-0.2, 0) is 9.59 Å². The number of piperidine rings is 1. The second kappa shape index (κ2) is 6.50. The molecule has 1 saturated heterocycles. The number of rotatable bonds is 3. The lowest BCUT2D eigenvalue weighted by Crippen LogP contribution is -2.59. The number of hydrogen-bond acceptors (Lipinski definition) is 4. The molecule has 1 fully saturated rings. The topological polar surface area (TPSA) is 83.1 Å². The monoisotopic (exact) mass is 322 g/mol. The maximum atomic E-state index is 12.5. The number of nitrogens with one attached hydrogen (secondary N) is 1. The summed E-state index contributed by atoms with van der Waals surface area (Å²) >= 11 is 0. The Morgan fingerprint density at radius 2 is 1.75 bits per heavy atom. The number of aromatic nitrogens is 1. The molecule has 0 bridgehead atoms. The maximum absolute atomic E-state index is 12.5. The first-order chi connectivity index (χ1) is 11.7. The van der Waals surface area contributed by atoms with Crippen LogP contribution in [0, 0.1) is 17.2 Å². The van der Waals surface area contributed by atoms with Crippen LogP contribution in [0.25, 0.3) is 0 Å². The summed E-state index contributed by atoms with van der Waals surface area (Å²) < 4.78 is 6.87. The number of hydrogen-bond donors (Lipinski definition) is 1. The third kappa shape index (κ3) is 2.72. The molecule has 3 rings (SSSR count). The van der Waals surface area contributed by atoms with Crippen LogP contribution in [0.5, 0.6) is 5.75 Å². The Hall–Kier alpha value is -3.20. The van der Waals surface area contributed by atoms with Crippen LogP contribution >= 0.6 is 0 Å². The third-order valence-corrected chi connectivity index (χ3v) is 4.20. The van der Waals surface area contributed by atoms with Gasteiger partial charge in [0.15, 0.2) is 12.4 Å². The highest BCUT2D eigenvalue weighted by Gasteiger charge is 2.50. The number of imide groups is 1. The van der Waals surface area contributed by atoms with Crippen molar-refractivity contribution in [3.8, 4) is 11.8 Å². The second-order valence-corrected chi connectivity index (χ2v) is 5.53. The van der Waals surface area contributed by atoms with E-state index in [-0.39, 0.29) is 0 Å². The van der Waals surface area contributed by atoms with E-state index >= 15 is 0 Å². The van der Waals surface area contributed by atoms with Gasteiger partial charge in [-0.25, -0.2) is 0 Å². The lowest BCUT2D eigenvalue weighted by Gasteiger charge is -2.30. The van der Waals surface area contributed by atoms with E-state index in [9.17, 15) is 14.9 Å². The van der Waals surface area contributed by atoms with Crippen molar-refractivity contribution < 1.29 is 18.9 Å². The number of ether oxygens (including phenoxy) is 1. The summed E-state index contributed by atoms with van der Waals surface area (Å²) in [7, 11) is 1.56. The molecule has 1 aromatic carbocycles. The van der Waals surface area contributed by atoms with Crippen LogP contribution < -0.4 is 14.6 Å². The van der Waals surface area contributed by atoms with Crippen molar-refractivity contribution in [3.05, 3.63) is 60.4 Å². The third-order valence-electron chi connectivity index (χ3n) is 4.20. The smallest absolute Gasteiger partial charge is 0.296 e. The minimum atomic E-state index is -0.950. The average Bonchev–Trinajstić information content (AvgIpc) is 2.62. The molecule has 0 unspecified atom stereocenters. The average molecular weight is 322 g/mol. The van der Waals surface area contributed by atoms with Crippen molar-refractivity contribution in [2.45, 2.75) is 12.0 Å². The molecule has 0 aliphatic carbocycles. The van der Waals surface area contributed by atoms with Gasteiger partial charge in [-0.2, -0.15) is 9.83 Å². The van der Waals surface area contributed by atoms with E-state index < -0.39 is 29.7 Å². The Kier molecular flexibility index (Phi) is 4.25. The van der Waals surface area contributed by atoms with Gasteiger partial charge in [0.1, 0.15) is 11.7 Å². The van der Waals surface area contributed by atoms with E-state index in [1.807, 2.05) is 12.1 Å². The largest absolute Gasteiger partial charge is 0.497 e. The van der Waals surface area contributed by atoms with Crippen molar-refractivity contribution in [2.75, 3.05) is 7.11 Å². The summed E-state index contributed by atoms with van der Waals surface area (Å²) in [4.78, 5) is 24.6. The molecule has 0 radical (unpaired) electrons. The van der Waals surface area contributed by atoms with Crippen LogP contribution in [0.2, 0.25) is 0 Å². The first-order valence-corrected chi connectivity index (χ1v) is 7.49. The Bertz CT molecular complexity index is 797. The summed E-state index contributed by atoms with van der Waals surface area (Å²) in [6.07, 6.45) is 3.51. The fourth-order valence-corrected chi connectivity index (χ4v) is 3.04. The van der Waals surface area contributed by atoms with Crippen LogP contribution in [0.15, 0.2) is 54.9 Å². The fourth-order valence-electron chi connectivity index (χ4n) is 3.04. The zero-order chi connectivity index (χ0) is 17.1. The van der Waals surface area contributed by atoms with Gasteiger partial charge in [0.25, 0.3) is 5.91 Å². The Morgan fingerprint density at radius 1 is 1.08 bits per heavy atom. The molecule has 2 aromatic rings. The zero-order valence-corrected chi connectivity index (χ0v) is 13.0. The molecule has 6 heteroatoms. The quantitative estimate of drug-likeness (QED) is 0.678. The SMILES string of the molecule is COc1ccc([C@H]2[C@H]([n+]3ccccc3)C(=O)NC(=O)[C@@H]2C#N)cc1. The van der Waals surface area contributed by atoms with Crippen molar-refractivity contribution >= 4 is 11.8 Å². The number of nitrogens with zero attached hydrogens (tertiary/aromatic N) is 2. The molecule has 1 aliphatic heterocycles. The number of amides is 2. The molecule has 24 heavy (non-hydrogen) atoms. The van der Waals surface area contributed by atoms with Gasteiger partial charge in [0.2, 0.25) is 11.9 Å². The predicted molar refractivity (Wildman–Crippen MR) is 83.7 cm³/mol. The van der Waals surface area contributed by atoms with Crippen LogP contribution in [0.4, 0.5) is 0 Å². The molecule has 120 valence electrons. The van der Waals surface area contributed by atoms with Gasteiger partial charge in [0, 0.05) is 12.1 Å². The minimum Gasteiger partial charge on any atom is -0.497 e. The van der Waals surface area contributed by atoms with Gasteiger partial charge in [-0.15, -0.1) is 0 Å². The maximum Gasteiger partial charge on any atom is 0.296 e. The van der Waals surface area contributed by atoms with Crippen LogP contribution in [0.1, 0.15) is 17.5 Å². The molecule has 2 heterocycles. The highest BCUT2D eigenvalue weighted by molar-refractivity contribution is 6.02. The van der Waals surface area contributed by atoms with Gasteiger partial charge in [-0.1, -0.05) is 18.2 Å². The number of carbonyl (C=O) groups excluding carboxylic acids is 2. The Morgan fingerprint density at radius 3 is 2.33 bits per heavy atom. The lowest BCUT2D eigenvalue weighted by atomic mass is 9.77. The fraction of sp³-hybridized carbons (Fsp3) is 0.222. The second-order valence-electron chi connectivity index (χ2n) is 5.53. The Balaban J connectivity index is 2.11. The summed E-state index contributed by atoms with van der Waals surface area (Å²) in [5.41, 5.74) is 0.743. The van der Waals surface area contributed by atoms with Crippen LogP contribution in [0.3, 0.4) is 0 Å². The molecule has 0 spiro atoms. The molecule has 1 aliphatic rings. The molecule has 3 atom stereocenters. The molecule has 1 aromatic heterocycles. The van der Waals surface area contributed by atoms with Gasteiger partial charge in [-0.3, -0.25) is 14.9 Å². The number of carbonyl (C=O) groups is 2. The first-order valence-electron chi connectivity index (χ1n) is 7.49. The van der Waals surface area contributed by atoms with Gasteiger partial charge >= 0.3 is 0 Å². The standard InChI is InChI=1S/C18H15N3O3/c1-24-13-7-5-12(6-8-13)15-14(11-19)17(22)20-18(23)16(15)21-9-3-2-4-10-21/h2-10,14-16H,1H3/p+1/t14-,15-,16+/m1/s1. The molecule has 2 amide bonds. The Labute approximate surface area is 139 Å². The highest BCUT2D eigenvalue weighted by Crippen LogP contribution is 2.36. The number of benzene rings is 1. The summed E-state index contributed by atoms with van der Waals surface area (Å²) in [6, 6.07) is 13.9. The van der Waals surface area contributed by atoms with E-state index in [4.69, 9.17) is 4.74 Å². The molecule has 1 N–H and O–H groups in total. The summed E-state index contributed by atoms with van der Waals surface area (Å²) in [6.45, 7) is 0. The minimum absolute atomic E-state index is 0.413. The molecular formula is C18H16N3O3+. The molecule has 6 nitrogen and oxygen atoms in total. The van der Waals surface area contributed by atoms with E-state index in [0.717, 1.165) is 5.56 Å². The van der Waals surface area contributed by atoms with Crippen molar-refractivity contribution in [3.63, 3.8) is 0 Å². The number of methoxy groups -OCH3 is 1. The van der Waals surface area contributed by atoms with Crippen LogP contribution in [-0.4, -0.2) is 18.9 Å². The normalized spacial score (nSPS) is 23.2. The van der Waals surface area contributed by atoms with Crippen molar-refractivity contribution in [1.82, 2.24) is 5.32 Å². The van der Waals surface area contributed by atoms with E-state index in [1.54, 1.807) is 60.5 Å². The molecule has 0 saturated carbocycles. The highest BCUT2D eigenvalue weighted by atomic mass is 16.5. The zero-order valence-electron chi connectivity index (χ0n) is 13.0. The first kappa shape index (κ1) is 15.7. The summed E-state index contributed by atoms with van der Waals surface area (Å²) in [5.74, 6) is -1.83. The van der Waals surface area contributed by atoms with E-state index in [1.165, 1.54) is 0 Å². The lowest BCUT2D eigenvalue weighted by molar-refractivity contribution is -0.713. The number of nitriles is 1. The van der Waals surface area contributed by atoms with Gasteiger partial charge < -0.3 is 4.74 Å². The van der Waals surface area contributed by atoms with Gasteiger partial charge in [0.05, 0.1) is 19.1 Å². The van der Waals surface area contributed by atoms with Crippen molar-refractivity contribution in [1.29, 1.82) is 5.26 Å². The van der Waals surface area contributed by atoms with Gasteiger partial charge in [-0.05, 0) is 17.7 Å². The van der Waals surface area contributed by atoms with Crippen molar-refractivity contribution in [2.24, 2.45) is 5.92 Å². The summed E-state index contributed by atoms with van der Waals surface area (Å²) in [5, 5.41) is 11.8. The van der Waals surface area contributed by atoms with E-state index in [0.29, 0.717) is 5.75 Å². The molecular weight excluding hydrogens is 306 g/mol. The predicted octanol–water partition coefficient (Wildman–Crippen LogP) is 1.10. The van der Waals surface area contributed by atoms with E-state index in [2.05, 4.69) is 5.32 Å². The number of pyridine rings is 1.